The number of carbonyl (C=O) groups is 2. The Morgan fingerprint density at radius 3 is 2.54 bits per heavy atom. The maximum Gasteiger partial charge on any atom is 0.324 e. The predicted molar refractivity (Wildman–Crippen MR) is 105 cm³/mol. The van der Waals surface area contributed by atoms with Crippen LogP contribution < -0.4 is 5.32 Å². The summed E-state index contributed by atoms with van der Waals surface area (Å²) in [6.45, 7) is 2.29. The zero-order valence-corrected chi connectivity index (χ0v) is 16.8. The minimum absolute atomic E-state index is 0.00401. The summed E-state index contributed by atoms with van der Waals surface area (Å²) in [5, 5.41) is 12.3. The number of amides is 2. The SMILES string of the molecule is C[C@H]1CC[C@@H](N(C(=O)Nc2ncc(SCC(=O)O)s2)C2CCCC2)CC1. The highest BCUT2D eigenvalue weighted by atomic mass is 32.2. The molecule has 0 saturated heterocycles. The van der Waals surface area contributed by atoms with Gasteiger partial charge in [-0.1, -0.05) is 31.1 Å². The largest absolute Gasteiger partial charge is 0.481 e. The summed E-state index contributed by atoms with van der Waals surface area (Å²) in [5.74, 6) is -0.0928. The lowest BCUT2D eigenvalue weighted by Crippen LogP contribution is -2.49. The van der Waals surface area contributed by atoms with Crippen molar-refractivity contribution in [1.82, 2.24) is 9.88 Å². The molecule has 0 atom stereocenters. The summed E-state index contributed by atoms with van der Waals surface area (Å²) in [6.07, 6.45) is 10.8. The van der Waals surface area contributed by atoms with Crippen LogP contribution in [0.25, 0.3) is 0 Å². The summed E-state index contributed by atoms with van der Waals surface area (Å²) < 4.78 is 0.807. The van der Waals surface area contributed by atoms with E-state index >= 15 is 0 Å². The molecule has 0 aromatic carbocycles. The van der Waals surface area contributed by atoms with Crippen LogP contribution in [0.4, 0.5) is 9.93 Å². The second kappa shape index (κ2) is 9.08. The molecule has 8 heteroatoms. The number of hydrogen-bond acceptors (Lipinski definition) is 5. The number of carboxylic acids is 1. The Kier molecular flexibility index (Phi) is 6.80. The van der Waals surface area contributed by atoms with Crippen LogP contribution in [0, 0.1) is 5.92 Å². The lowest BCUT2D eigenvalue weighted by atomic mass is 9.86. The molecule has 3 rings (SSSR count). The number of aliphatic carboxylic acids is 1. The summed E-state index contributed by atoms with van der Waals surface area (Å²) >= 11 is 2.57. The number of rotatable bonds is 6. The number of urea groups is 1. The Bertz CT molecular complexity index is 623. The van der Waals surface area contributed by atoms with Crippen LogP contribution in [-0.4, -0.2) is 44.8 Å². The minimum atomic E-state index is -0.854. The van der Waals surface area contributed by atoms with Crippen LogP contribution in [0.2, 0.25) is 0 Å². The smallest absolute Gasteiger partial charge is 0.324 e. The molecule has 2 saturated carbocycles. The van der Waals surface area contributed by atoms with Crippen LogP contribution >= 0.6 is 23.1 Å². The van der Waals surface area contributed by atoms with Crippen molar-refractivity contribution in [3.63, 3.8) is 0 Å². The second-order valence-corrected chi connectivity index (χ2v) is 9.66. The van der Waals surface area contributed by atoms with Gasteiger partial charge < -0.3 is 10.0 Å². The highest BCUT2D eigenvalue weighted by Crippen LogP contribution is 2.34. The number of carboxylic acid groups (broad SMARTS) is 1. The fourth-order valence-corrected chi connectivity index (χ4v) is 5.59. The summed E-state index contributed by atoms with van der Waals surface area (Å²) in [5.41, 5.74) is 0. The number of thiazole rings is 1. The zero-order valence-electron chi connectivity index (χ0n) is 15.1. The third-order valence-corrected chi connectivity index (χ3v) is 7.46. The number of nitrogens with one attached hydrogen (secondary N) is 1. The van der Waals surface area contributed by atoms with Gasteiger partial charge in [-0.2, -0.15) is 0 Å². The quantitative estimate of drug-likeness (QED) is 0.681. The van der Waals surface area contributed by atoms with Gasteiger partial charge in [0.1, 0.15) is 0 Å². The Morgan fingerprint density at radius 1 is 1.23 bits per heavy atom. The molecule has 0 unspecified atom stereocenters. The first kappa shape index (κ1) is 19.5. The Labute approximate surface area is 162 Å². The van der Waals surface area contributed by atoms with Crippen LogP contribution in [0.15, 0.2) is 10.4 Å². The lowest BCUT2D eigenvalue weighted by Gasteiger charge is -2.39. The number of aromatic nitrogens is 1. The standard InChI is InChI=1S/C18H27N3O3S2/c1-12-6-8-14(9-7-12)21(13-4-2-3-5-13)18(24)20-17-19-10-16(26-17)25-11-15(22)23/h10,12-14H,2-9,11H2,1H3,(H,22,23)(H,19,20,24)/t12-,14+. The van der Waals surface area contributed by atoms with Gasteiger partial charge in [0.2, 0.25) is 0 Å². The highest BCUT2D eigenvalue weighted by molar-refractivity contribution is 8.01. The molecule has 2 fully saturated rings. The second-order valence-electron chi connectivity index (χ2n) is 7.36. The topological polar surface area (TPSA) is 82.5 Å². The van der Waals surface area contributed by atoms with Crippen LogP contribution in [-0.2, 0) is 4.79 Å². The van der Waals surface area contributed by atoms with E-state index in [9.17, 15) is 9.59 Å². The molecule has 26 heavy (non-hydrogen) atoms. The highest BCUT2D eigenvalue weighted by Gasteiger charge is 2.34. The van der Waals surface area contributed by atoms with Crippen molar-refractivity contribution in [2.45, 2.75) is 74.6 Å². The van der Waals surface area contributed by atoms with E-state index in [-0.39, 0.29) is 11.8 Å². The molecular weight excluding hydrogens is 370 g/mol. The molecule has 2 N–H and O–H groups in total. The molecule has 2 aliphatic rings. The third-order valence-electron chi connectivity index (χ3n) is 5.37. The van der Waals surface area contributed by atoms with Crippen LogP contribution in [0.5, 0.6) is 0 Å². The maximum atomic E-state index is 13.0. The summed E-state index contributed by atoms with van der Waals surface area (Å²) in [4.78, 5) is 30.1. The summed E-state index contributed by atoms with van der Waals surface area (Å²) in [7, 11) is 0. The van der Waals surface area contributed by atoms with Gasteiger partial charge in [-0.05, 0) is 44.4 Å². The van der Waals surface area contributed by atoms with Crippen molar-refractivity contribution in [1.29, 1.82) is 0 Å². The van der Waals surface area contributed by atoms with Crippen molar-refractivity contribution in [2.75, 3.05) is 11.1 Å². The molecule has 0 aliphatic heterocycles. The molecule has 0 spiro atoms. The number of hydrogen-bond donors (Lipinski definition) is 2. The van der Waals surface area contributed by atoms with Crippen molar-refractivity contribution in [3.8, 4) is 0 Å². The molecule has 6 nitrogen and oxygen atoms in total. The molecule has 0 radical (unpaired) electrons. The minimum Gasteiger partial charge on any atom is -0.481 e. The van der Waals surface area contributed by atoms with Gasteiger partial charge in [0.25, 0.3) is 0 Å². The average Bonchev–Trinajstić information content (AvgIpc) is 3.27. The van der Waals surface area contributed by atoms with E-state index in [4.69, 9.17) is 5.11 Å². The van der Waals surface area contributed by atoms with E-state index in [2.05, 4.69) is 22.1 Å². The number of nitrogens with zero attached hydrogens (tertiary/aromatic N) is 2. The van der Waals surface area contributed by atoms with Crippen LogP contribution in [0.3, 0.4) is 0 Å². The summed E-state index contributed by atoms with van der Waals surface area (Å²) in [6, 6.07) is 0.630. The van der Waals surface area contributed by atoms with E-state index in [0.717, 1.165) is 35.8 Å². The average molecular weight is 398 g/mol. The number of carbonyl (C=O) groups excluding carboxylic acids is 1. The Morgan fingerprint density at radius 2 is 1.88 bits per heavy atom. The molecule has 0 bridgehead atoms. The van der Waals surface area contributed by atoms with Gasteiger partial charge in [0.15, 0.2) is 5.13 Å². The van der Waals surface area contributed by atoms with Crippen molar-refractivity contribution in [3.05, 3.63) is 6.20 Å². The molecule has 1 aromatic rings. The van der Waals surface area contributed by atoms with Crippen molar-refractivity contribution in [2.24, 2.45) is 5.92 Å². The fourth-order valence-electron chi connectivity index (χ4n) is 4.01. The molecular formula is C18H27N3O3S2. The van der Waals surface area contributed by atoms with Gasteiger partial charge in [-0.15, -0.1) is 11.8 Å². The van der Waals surface area contributed by atoms with E-state index in [1.165, 1.54) is 48.8 Å². The maximum absolute atomic E-state index is 13.0. The lowest BCUT2D eigenvalue weighted by molar-refractivity contribution is -0.133. The first-order chi connectivity index (χ1) is 12.5. The monoisotopic (exact) mass is 397 g/mol. The normalized spacial score (nSPS) is 23.7. The zero-order chi connectivity index (χ0) is 18.5. The fraction of sp³-hybridized carbons (Fsp3) is 0.722. The molecule has 2 aliphatic carbocycles. The van der Waals surface area contributed by atoms with E-state index in [0.29, 0.717) is 17.2 Å². The van der Waals surface area contributed by atoms with Crippen molar-refractivity contribution >= 4 is 40.2 Å². The van der Waals surface area contributed by atoms with Crippen molar-refractivity contribution < 1.29 is 14.7 Å². The van der Waals surface area contributed by atoms with Gasteiger partial charge in [-0.25, -0.2) is 9.78 Å². The van der Waals surface area contributed by atoms with Gasteiger partial charge in [-0.3, -0.25) is 10.1 Å². The Hall–Kier alpha value is -1.28. The molecule has 1 heterocycles. The molecule has 1 aromatic heterocycles. The number of anilines is 1. The van der Waals surface area contributed by atoms with E-state index < -0.39 is 5.97 Å². The molecule has 2 amide bonds. The first-order valence-electron chi connectivity index (χ1n) is 9.42. The van der Waals surface area contributed by atoms with Crippen LogP contribution in [0.1, 0.15) is 58.3 Å². The first-order valence-corrected chi connectivity index (χ1v) is 11.2. The van der Waals surface area contributed by atoms with E-state index in [1.807, 2.05) is 0 Å². The number of thioether (sulfide) groups is 1. The molecule has 144 valence electrons. The van der Waals surface area contributed by atoms with Gasteiger partial charge in [0, 0.05) is 12.1 Å². The van der Waals surface area contributed by atoms with E-state index in [1.54, 1.807) is 6.20 Å². The third kappa shape index (κ3) is 5.13. The predicted octanol–water partition coefficient (Wildman–Crippen LogP) is 4.68. The van der Waals surface area contributed by atoms with Gasteiger partial charge in [0.05, 0.1) is 16.2 Å². The van der Waals surface area contributed by atoms with Gasteiger partial charge >= 0.3 is 12.0 Å². The Balaban J connectivity index is 1.64.